The molecule has 20 heavy (non-hydrogen) atoms. The Hall–Kier alpha value is -1.41. The number of anilines is 1. The third-order valence-corrected chi connectivity index (χ3v) is 3.54. The minimum atomic E-state index is -0.530. The fraction of sp³-hybridized carbons (Fsp3) is 0.583. The van der Waals surface area contributed by atoms with Crippen molar-refractivity contribution in [3.8, 4) is 0 Å². The zero-order chi connectivity index (χ0) is 15.1. The summed E-state index contributed by atoms with van der Waals surface area (Å²) in [4.78, 5) is 23.2. The normalized spacial score (nSPS) is 12.0. The first-order valence-corrected chi connectivity index (χ1v) is 7.11. The van der Waals surface area contributed by atoms with Crippen molar-refractivity contribution in [2.24, 2.45) is 5.73 Å². The van der Waals surface area contributed by atoms with Gasteiger partial charge in [-0.1, -0.05) is 13.3 Å². The van der Waals surface area contributed by atoms with Gasteiger partial charge in [-0.3, -0.25) is 9.59 Å². The SMILES string of the molecule is CCCC(CN)Nc1cnn(CC(=O)OC)c(=O)c1Br. The van der Waals surface area contributed by atoms with Gasteiger partial charge < -0.3 is 15.8 Å². The second-order valence-electron chi connectivity index (χ2n) is 4.28. The second-order valence-corrected chi connectivity index (χ2v) is 5.07. The number of nitrogens with two attached hydrogens (primary N) is 1. The lowest BCUT2D eigenvalue weighted by atomic mass is 10.1. The molecule has 1 heterocycles. The number of halogens is 1. The van der Waals surface area contributed by atoms with Crippen molar-refractivity contribution in [3.63, 3.8) is 0 Å². The lowest BCUT2D eigenvalue weighted by molar-refractivity contribution is -0.141. The van der Waals surface area contributed by atoms with Gasteiger partial charge in [0.25, 0.3) is 5.56 Å². The summed E-state index contributed by atoms with van der Waals surface area (Å²) in [5, 5.41) is 7.11. The topological polar surface area (TPSA) is 99.2 Å². The summed E-state index contributed by atoms with van der Waals surface area (Å²) in [7, 11) is 1.26. The maximum atomic E-state index is 12.0. The molecule has 0 saturated carbocycles. The molecule has 0 amide bonds. The molecule has 0 aliphatic rings. The van der Waals surface area contributed by atoms with E-state index in [0.29, 0.717) is 16.7 Å². The van der Waals surface area contributed by atoms with Crippen LogP contribution in [0.1, 0.15) is 19.8 Å². The number of methoxy groups -OCH3 is 1. The highest BCUT2D eigenvalue weighted by Gasteiger charge is 2.14. The Kier molecular flexibility index (Phi) is 6.66. The number of nitrogens with one attached hydrogen (secondary N) is 1. The maximum absolute atomic E-state index is 12.0. The lowest BCUT2D eigenvalue weighted by Crippen LogP contribution is -2.32. The number of carbonyl (C=O) groups is 1. The van der Waals surface area contributed by atoms with E-state index in [0.717, 1.165) is 17.5 Å². The summed E-state index contributed by atoms with van der Waals surface area (Å²) in [6.07, 6.45) is 3.38. The van der Waals surface area contributed by atoms with Crippen molar-refractivity contribution in [2.45, 2.75) is 32.4 Å². The average molecular weight is 347 g/mol. The molecule has 0 radical (unpaired) electrons. The third kappa shape index (κ3) is 4.31. The fourth-order valence-corrected chi connectivity index (χ4v) is 2.10. The number of hydrogen-bond donors (Lipinski definition) is 2. The number of hydrogen-bond acceptors (Lipinski definition) is 6. The van der Waals surface area contributed by atoms with E-state index in [9.17, 15) is 9.59 Å². The van der Waals surface area contributed by atoms with Gasteiger partial charge in [-0.05, 0) is 22.4 Å². The van der Waals surface area contributed by atoms with Crippen molar-refractivity contribution in [1.82, 2.24) is 9.78 Å². The predicted molar refractivity (Wildman–Crippen MR) is 79.6 cm³/mol. The molecule has 7 nitrogen and oxygen atoms in total. The van der Waals surface area contributed by atoms with E-state index in [-0.39, 0.29) is 12.6 Å². The van der Waals surface area contributed by atoms with E-state index in [1.54, 1.807) is 0 Å². The zero-order valence-corrected chi connectivity index (χ0v) is 13.1. The number of aromatic nitrogens is 2. The van der Waals surface area contributed by atoms with Crippen LogP contribution in [0.5, 0.6) is 0 Å². The molecule has 1 aromatic rings. The molecule has 112 valence electrons. The van der Waals surface area contributed by atoms with Crippen molar-refractivity contribution < 1.29 is 9.53 Å². The van der Waals surface area contributed by atoms with Gasteiger partial charge in [-0.15, -0.1) is 0 Å². The van der Waals surface area contributed by atoms with Crippen LogP contribution in [0.3, 0.4) is 0 Å². The van der Waals surface area contributed by atoms with Gasteiger partial charge in [0, 0.05) is 12.6 Å². The molecule has 0 aliphatic carbocycles. The van der Waals surface area contributed by atoms with Crippen LogP contribution in [0.4, 0.5) is 5.69 Å². The summed E-state index contributed by atoms with van der Waals surface area (Å²) >= 11 is 3.22. The van der Waals surface area contributed by atoms with Crippen LogP contribution in [0.2, 0.25) is 0 Å². The number of rotatable bonds is 7. The standard InChI is InChI=1S/C12H19BrN4O3/c1-3-4-8(5-14)16-9-6-15-17(7-10(18)20-2)12(19)11(9)13/h6,8,16H,3-5,7,14H2,1-2H3. The third-order valence-electron chi connectivity index (χ3n) is 2.77. The molecule has 0 aliphatic heterocycles. The quantitative estimate of drug-likeness (QED) is 0.705. The summed E-state index contributed by atoms with van der Waals surface area (Å²) in [6, 6.07) is 0.0777. The van der Waals surface area contributed by atoms with Gasteiger partial charge in [-0.25, -0.2) is 4.68 Å². The van der Waals surface area contributed by atoms with Gasteiger partial charge in [0.2, 0.25) is 0 Å². The first kappa shape index (κ1) is 16.6. The highest BCUT2D eigenvalue weighted by Crippen LogP contribution is 2.18. The van der Waals surface area contributed by atoms with Gasteiger partial charge in [-0.2, -0.15) is 5.10 Å². The van der Waals surface area contributed by atoms with E-state index >= 15 is 0 Å². The van der Waals surface area contributed by atoms with Gasteiger partial charge in [0.15, 0.2) is 0 Å². The summed E-state index contributed by atoms with van der Waals surface area (Å²) < 4.78 is 5.87. The number of carbonyl (C=O) groups excluding carboxylic acids is 1. The first-order chi connectivity index (χ1) is 9.53. The van der Waals surface area contributed by atoms with E-state index in [2.05, 4.69) is 38.0 Å². The van der Waals surface area contributed by atoms with Crippen LogP contribution >= 0.6 is 15.9 Å². The molecule has 1 unspecified atom stereocenters. The van der Waals surface area contributed by atoms with E-state index in [1.165, 1.54) is 13.3 Å². The molecule has 1 atom stereocenters. The van der Waals surface area contributed by atoms with E-state index in [1.807, 2.05) is 0 Å². The zero-order valence-electron chi connectivity index (χ0n) is 11.6. The van der Waals surface area contributed by atoms with Crippen LogP contribution in [-0.4, -0.2) is 35.4 Å². The van der Waals surface area contributed by atoms with Crippen molar-refractivity contribution in [1.29, 1.82) is 0 Å². The fourth-order valence-electron chi connectivity index (χ4n) is 1.68. The van der Waals surface area contributed by atoms with Crippen molar-refractivity contribution in [3.05, 3.63) is 21.0 Å². The Morgan fingerprint density at radius 1 is 1.65 bits per heavy atom. The average Bonchev–Trinajstić information content (AvgIpc) is 2.45. The predicted octanol–water partition coefficient (Wildman–Crippen LogP) is 0.718. The number of esters is 1. The Labute approximate surface area is 125 Å². The minimum Gasteiger partial charge on any atom is -0.468 e. The van der Waals surface area contributed by atoms with E-state index in [4.69, 9.17) is 5.73 Å². The van der Waals surface area contributed by atoms with Crippen LogP contribution in [0.15, 0.2) is 15.5 Å². The van der Waals surface area contributed by atoms with Gasteiger partial charge >= 0.3 is 5.97 Å². The highest BCUT2D eigenvalue weighted by atomic mass is 79.9. The first-order valence-electron chi connectivity index (χ1n) is 6.32. The van der Waals surface area contributed by atoms with Crippen LogP contribution in [0.25, 0.3) is 0 Å². The molecule has 0 aromatic carbocycles. The number of ether oxygens (including phenoxy) is 1. The molecule has 0 spiro atoms. The second kappa shape index (κ2) is 8.01. The molecule has 1 aromatic heterocycles. The Morgan fingerprint density at radius 2 is 2.35 bits per heavy atom. The summed E-state index contributed by atoms with van der Waals surface area (Å²) in [5.74, 6) is -0.530. The van der Waals surface area contributed by atoms with Crippen LogP contribution in [0, 0.1) is 0 Å². The Morgan fingerprint density at radius 3 is 2.90 bits per heavy atom. The minimum absolute atomic E-state index is 0.0777. The van der Waals surface area contributed by atoms with Gasteiger partial charge in [0.05, 0.1) is 19.0 Å². The smallest absolute Gasteiger partial charge is 0.327 e. The molecule has 1 rings (SSSR count). The summed E-state index contributed by atoms with van der Waals surface area (Å²) in [6.45, 7) is 2.31. The molecule has 8 heteroatoms. The highest BCUT2D eigenvalue weighted by molar-refractivity contribution is 9.10. The van der Waals surface area contributed by atoms with Crippen LogP contribution < -0.4 is 16.6 Å². The van der Waals surface area contributed by atoms with Crippen molar-refractivity contribution in [2.75, 3.05) is 19.0 Å². The van der Waals surface area contributed by atoms with E-state index < -0.39 is 11.5 Å². The summed E-state index contributed by atoms with van der Waals surface area (Å²) in [5.41, 5.74) is 5.84. The maximum Gasteiger partial charge on any atom is 0.327 e. The Balaban J connectivity index is 2.94. The molecular weight excluding hydrogens is 328 g/mol. The molecule has 3 N–H and O–H groups in total. The van der Waals surface area contributed by atoms with Gasteiger partial charge in [0.1, 0.15) is 11.0 Å². The monoisotopic (exact) mass is 346 g/mol. The molecular formula is C12H19BrN4O3. The molecule has 0 bridgehead atoms. The van der Waals surface area contributed by atoms with Crippen LogP contribution in [-0.2, 0) is 16.1 Å². The largest absolute Gasteiger partial charge is 0.468 e. The molecule has 0 fully saturated rings. The lowest BCUT2D eigenvalue weighted by Gasteiger charge is -2.18. The van der Waals surface area contributed by atoms with Crippen molar-refractivity contribution >= 4 is 27.6 Å². The Bertz CT molecular complexity index is 518. The molecule has 0 saturated heterocycles. The number of nitrogens with zero attached hydrogens (tertiary/aromatic N) is 2.